The van der Waals surface area contributed by atoms with E-state index in [4.69, 9.17) is 0 Å². The van der Waals surface area contributed by atoms with Crippen molar-refractivity contribution in [1.82, 2.24) is 0 Å². The van der Waals surface area contributed by atoms with Gasteiger partial charge in [-0.1, -0.05) is 244 Å². The minimum Gasteiger partial charge on any atom is -0.310 e. The second-order valence-corrected chi connectivity index (χ2v) is 18.6. The van der Waals surface area contributed by atoms with Gasteiger partial charge in [-0.3, -0.25) is 0 Å². The van der Waals surface area contributed by atoms with Gasteiger partial charge >= 0.3 is 0 Å². The van der Waals surface area contributed by atoms with Crippen molar-refractivity contribution < 1.29 is 0 Å². The average molecular weight is 872 g/mol. The highest BCUT2D eigenvalue weighted by Gasteiger charge is 2.47. The maximum atomic E-state index is 2.48. The largest absolute Gasteiger partial charge is 0.310 e. The minimum absolute atomic E-state index is 0.507. The summed E-state index contributed by atoms with van der Waals surface area (Å²) in [6.45, 7) is 0. The van der Waals surface area contributed by atoms with Gasteiger partial charge in [-0.15, -0.1) is 0 Å². The number of rotatable bonds is 10. The van der Waals surface area contributed by atoms with Gasteiger partial charge in [0.1, 0.15) is 0 Å². The fraction of sp³-hybridized carbons (Fsp3) is 0.104. The van der Waals surface area contributed by atoms with Gasteiger partial charge in [0.2, 0.25) is 0 Å². The lowest BCUT2D eigenvalue weighted by Gasteiger charge is -2.34. The van der Waals surface area contributed by atoms with Crippen molar-refractivity contribution in [2.45, 2.75) is 43.4 Å². The lowest BCUT2D eigenvalue weighted by molar-refractivity contribution is 0.443. The van der Waals surface area contributed by atoms with Crippen LogP contribution in [0.5, 0.6) is 0 Å². The van der Waals surface area contributed by atoms with Gasteiger partial charge in [0.15, 0.2) is 0 Å². The average Bonchev–Trinajstić information content (AvgIpc) is 3.74. The van der Waals surface area contributed by atoms with Crippen molar-refractivity contribution in [1.29, 1.82) is 0 Å². The molecule has 0 unspecified atom stereocenters. The first-order chi connectivity index (χ1) is 33.8. The summed E-state index contributed by atoms with van der Waals surface area (Å²) in [5.41, 5.74) is 21.7. The molecule has 0 atom stereocenters. The molecule has 0 aromatic heterocycles. The van der Waals surface area contributed by atoms with Crippen molar-refractivity contribution in [3.8, 4) is 55.6 Å². The molecular weight excluding hydrogens is 819 g/mol. The van der Waals surface area contributed by atoms with E-state index in [1.807, 2.05) is 0 Å². The number of hydrogen-bond donors (Lipinski definition) is 0. The molecule has 1 fully saturated rings. The topological polar surface area (TPSA) is 3.24 Å². The number of anilines is 3. The predicted octanol–water partition coefficient (Wildman–Crippen LogP) is 18.2. The molecule has 0 heterocycles. The van der Waals surface area contributed by atoms with Crippen LogP contribution in [0.25, 0.3) is 55.6 Å². The second-order valence-electron chi connectivity index (χ2n) is 18.6. The normalized spacial score (nSPS) is 13.9. The van der Waals surface area contributed by atoms with Crippen LogP contribution in [-0.2, 0) is 5.41 Å². The SMILES string of the molecule is c1ccc(-c2ccccc2-c2ccccc2-c2ccc(N(c3ccc(-c4ccc(C5CCCCC5)cc4)cc3)c3cccc4c3-c3ccccc3C4(c3ccccc3)c3ccccc3)cc2)cc1. The van der Waals surface area contributed by atoms with E-state index in [0.717, 1.165) is 17.1 Å². The summed E-state index contributed by atoms with van der Waals surface area (Å²) in [5.74, 6) is 0.693. The zero-order valence-corrected chi connectivity index (χ0v) is 38.3. The van der Waals surface area contributed by atoms with Gasteiger partial charge in [0.05, 0.1) is 11.1 Å². The molecule has 0 bridgehead atoms. The molecular formula is C67H53N. The molecule has 1 nitrogen and oxygen atoms in total. The molecule has 0 saturated heterocycles. The molecule has 68 heavy (non-hydrogen) atoms. The number of hydrogen-bond acceptors (Lipinski definition) is 1. The molecule has 0 amide bonds. The third-order valence-corrected chi connectivity index (χ3v) is 14.8. The van der Waals surface area contributed by atoms with Gasteiger partial charge in [0.25, 0.3) is 0 Å². The Hall–Kier alpha value is -8.00. The lowest BCUT2D eigenvalue weighted by atomic mass is 9.68. The van der Waals surface area contributed by atoms with Gasteiger partial charge in [-0.05, 0) is 127 Å². The molecule has 1 heteroatoms. The molecule has 10 aromatic carbocycles. The highest BCUT2D eigenvalue weighted by molar-refractivity contribution is 5.98. The van der Waals surface area contributed by atoms with Gasteiger partial charge in [-0.25, -0.2) is 0 Å². The first kappa shape index (κ1) is 41.4. The molecule has 10 aromatic rings. The van der Waals surface area contributed by atoms with Crippen molar-refractivity contribution in [2.24, 2.45) is 0 Å². The summed E-state index contributed by atoms with van der Waals surface area (Å²) in [6.07, 6.45) is 6.69. The summed E-state index contributed by atoms with van der Waals surface area (Å²) >= 11 is 0. The van der Waals surface area contributed by atoms with Crippen molar-refractivity contribution >= 4 is 17.1 Å². The quantitative estimate of drug-likeness (QED) is 0.132. The smallest absolute Gasteiger partial charge is 0.0714 e. The van der Waals surface area contributed by atoms with Gasteiger partial charge < -0.3 is 4.90 Å². The molecule has 0 aliphatic heterocycles. The zero-order chi connectivity index (χ0) is 45.3. The van der Waals surface area contributed by atoms with Crippen LogP contribution in [0.15, 0.2) is 255 Å². The second kappa shape index (κ2) is 18.0. The van der Waals surface area contributed by atoms with E-state index >= 15 is 0 Å². The first-order valence-corrected chi connectivity index (χ1v) is 24.4. The predicted molar refractivity (Wildman–Crippen MR) is 286 cm³/mol. The summed E-state index contributed by atoms with van der Waals surface area (Å²) in [5, 5.41) is 0. The third-order valence-electron chi connectivity index (χ3n) is 14.8. The highest BCUT2D eigenvalue weighted by Crippen LogP contribution is 2.59. The Bertz CT molecular complexity index is 3290. The van der Waals surface area contributed by atoms with Crippen LogP contribution in [0.4, 0.5) is 17.1 Å². The summed E-state index contributed by atoms with van der Waals surface area (Å²) < 4.78 is 0. The van der Waals surface area contributed by atoms with Gasteiger partial charge in [0, 0.05) is 16.9 Å². The van der Waals surface area contributed by atoms with Crippen LogP contribution < -0.4 is 4.90 Å². The molecule has 0 spiro atoms. The summed E-state index contributed by atoms with van der Waals surface area (Å²) in [6, 6.07) is 94.5. The first-order valence-electron chi connectivity index (χ1n) is 24.4. The third kappa shape index (κ3) is 7.27. The van der Waals surface area contributed by atoms with E-state index in [0.29, 0.717) is 5.92 Å². The van der Waals surface area contributed by atoms with E-state index < -0.39 is 5.41 Å². The number of benzene rings is 10. The van der Waals surface area contributed by atoms with Crippen LogP contribution in [-0.4, -0.2) is 0 Å². The Balaban J connectivity index is 1.01. The summed E-state index contributed by atoms with van der Waals surface area (Å²) in [7, 11) is 0. The fourth-order valence-corrected chi connectivity index (χ4v) is 11.6. The van der Waals surface area contributed by atoms with Crippen LogP contribution in [0.2, 0.25) is 0 Å². The van der Waals surface area contributed by atoms with E-state index in [2.05, 4.69) is 260 Å². The molecule has 2 aliphatic rings. The minimum atomic E-state index is -0.507. The lowest BCUT2D eigenvalue weighted by Crippen LogP contribution is -2.28. The monoisotopic (exact) mass is 871 g/mol. The van der Waals surface area contributed by atoms with E-state index in [1.165, 1.54) is 116 Å². The van der Waals surface area contributed by atoms with Crippen molar-refractivity contribution in [3.05, 3.63) is 283 Å². The van der Waals surface area contributed by atoms with Crippen molar-refractivity contribution in [2.75, 3.05) is 4.90 Å². The van der Waals surface area contributed by atoms with Gasteiger partial charge in [-0.2, -0.15) is 0 Å². The molecule has 0 N–H and O–H groups in total. The Morgan fingerprint density at radius 2 is 0.735 bits per heavy atom. The van der Waals surface area contributed by atoms with E-state index in [-0.39, 0.29) is 0 Å². The Morgan fingerprint density at radius 1 is 0.309 bits per heavy atom. The molecule has 1 saturated carbocycles. The van der Waals surface area contributed by atoms with Crippen molar-refractivity contribution in [3.63, 3.8) is 0 Å². The Labute approximate surface area is 401 Å². The maximum absolute atomic E-state index is 2.48. The van der Waals surface area contributed by atoms with Crippen LogP contribution in [0.3, 0.4) is 0 Å². The molecule has 2 aliphatic carbocycles. The van der Waals surface area contributed by atoms with Crippen LogP contribution in [0.1, 0.15) is 65.8 Å². The van der Waals surface area contributed by atoms with Crippen LogP contribution in [0, 0.1) is 0 Å². The highest BCUT2D eigenvalue weighted by atomic mass is 15.1. The molecule has 326 valence electrons. The maximum Gasteiger partial charge on any atom is 0.0714 e. The standard InChI is InChI=1S/C67H53N/c1-5-20-48(21-6-1)49-36-38-50(39-37-49)51-40-44-56(45-41-51)68(57-46-42-53(43-47-57)59-29-14-16-31-61(59)60-30-15-13-28-58(60)52-22-7-2-8-23-52)65-35-19-34-64-66(65)62-32-17-18-33-63(62)67(64,54-24-9-3-10-25-54)55-26-11-4-12-27-55/h2-4,7-19,22-48H,1,5-6,20-21H2. The number of fused-ring (bicyclic) bond motifs is 3. The Morgan fingerprint density at radius 3 is 1.29 bits per heavy atom. The zero-order valence-electron chi connectivity index (χ0n) is 38.3. The van der Waals surface area contributed by atoms with E-state index in [1.54, 1.807) is 0 Å². The number of nitrogens with zero attached hydrogens (tertiary/aromatic N) is 1. The Kier molecular flexibility index (Phi) is 11.0. The summed E-state index contributed by atoms with van der Waals surface area (Å²) in [4.78, 5) is 2.48. The fourth-order valence-electron chi connectivity index (χ4n) is 11.6. The van der Waals surface area contributed by atoms with E-state index in [9.17, 15) is 0 Å². The molecule has 12 rings (SSSR count). The molecule has 0 radical (unpaired) electrons. The van der Waals surface area contributed by atoms with Crippen LogP contribution >= 0.6 is 0 Å².